The number of rotatable bonds is 7. The van der Waals surface area contributed by atoms with Gasteiger partial charge in [-0.05, 0) is 38.8 Å². The molecule has 0 amide bonds. The minimum absolute atomic E-state index is 0.492. The summed E-state index contributed by atoms with van der Waals surface area (Å²) >= 11 is 0. The molecule has 3 nitrogen and oxygen atoms in total. The highest BCUT2D eigenvalue weighted by Crippen LogP contribution is 2.17. The van der Waals surface area contributed by atoms with Gasteiger partial charge in [-0.1, -0.05) is 26.8 Å². The molecule has 0 atom stereocenters. The molecule has 0 aromatic carbocycles. The summed E-state index contributed by atoms with van der Waals surface area (Å²) < 4.78 is 0. The smallest absolute Gasteiger partial charge is 0.129 e. The van der Waals surface area contributed by atoms with Gasteiger partial charge < -0.3 is 10.2 Å². The van der Waals surface area contributed by atoms with Gasteiger partial charge in [0.2, 0.25) is 0 Å². The Labute approximate surface area is 118 Å². The molecular weight excluding hydrogens is 234 g/mol. The SMILES string of the molecule is CCCN(c1ccc(CNC(C)C)c(C)n1)C(C)C. The first-order chi connectivity index (χ1) is 8.95. The number of aryl methyl sites for hydroxylation is 1. The molecule has 1 aromatic heterocycles. The molecule has 0 aliphatic rings. The topological polar surface area (TPSA) is 28.2 Å². The molecule has 0 fully saturated rings. The fourth-order valence-electron chi connectivity index (χ4n) is 2.12. The van der Waals surface area contributed by atoms with Crippen LogP contribution in [0.4, 0.5) is 5.82 Å². The summed E-state index contributed by atoms with van der Waals surface area (Å²) in [7, 11) is 0. The van der Waals surface area contributed by atoms with E-state index >= 15 is 0 Å². The van der Waals surface area contributed by atoms with E-state index in [9.17, 15) is 0 Å². The van der Waals surface area contributed by atoms with Crippen molar-refractivity contribution in [2.75, 3.05) is 11.4 Å². The quantitative estimate of drug-likeness (QED) is 0.816. The predicted molar refractivity (Wildman–Crippen MR) is 83.7 cm³/mol. The van der Waals surface area contributed by atoms with Crippen LogP contribution in [0.2, 0.25) is 0 Å². The molecule has 0 bridgehead atoms. The minimum Gasteiger partial charge on any atom is -0.354 e. The Morgan fingerprint density at radius 2 is 1.89 bits per heavy atom. The van der Waals surface area contributed by atoms with Gasteiger partial charge in [0.25, 0.3) is 0 Å². The Bertz CT molecular complexity index is 386. The molecule has 0 saturated heterocycles. The fourth-order valence-corrected chi connectivity index (χ4v) is 2.12. The van der Waals surface area contributed by atoms with Crippen molar-refractivity contribution >= 4 is 5.82 Å². The number of anilines is 1. The Morgan fingerprint density at radius 1 is 1.21 bits per heavy atom. The summed E-state index contributed by atoms with van der Waals surface area (Å²) in [6, 6.07) is 5.36. The molecule has 108 valence electrons. The second kappa shape index (κ2) is 7.49. The lowest BCUT2D eigenvalue weighted by Crippen LogP contribution is -2.32. The summed E-state index contributed by atoms with van der Waals surface area (Å²) in [5, 5.41) is 3.45. The number of nitrogens with zero attached hydrogens (tertiary/aromatic N) is 2. The number of nitrogens with one attached hydrogen (secondary N) is 1. The summed E-state index contributed by atoms with van der Waals surface area (Å²) in [5.74, 6) is 1.10. The number of aromatic nitrogens is 1. The molecule has 1 rings (SSSR count). The van der Waals surface area contributed by atoms with Crippen LogP contribution in [-0.4, -0.2) is 23.6 Å². The van der Waals surface area contributed by atoms with E-state index in [0.717, 1.165) is 31.0 Å². The number of hydrogen-bond acceptors (Lipinski definition) is 3. The standard InChI is InChI=1S/C16H29N3/c1-7-10-19(13(4)5)16-9-8-15(14(6)18-16)11-17-12(2)3/h8-9,12-13,17H,7,10-11H2,1-6H3. The van der Waals surface area contributed by atoms with Gasteiger partial charge in [-0.25, -0.2) is 4.98 Å². The van der Waals surface area contributed by atoms with Gasteiger partial charge in [0.1, 0.15) is 5.82 Å². The molecule has 0 spiro atoms. The first kappa shape index (κ1) is 16.0. The van der Waals surface area contributed by atoms with Crippen LogP contribution in [0.5, 0.6) is 0 Å². The highest BCUT2D eigenvalue weighted by Gasteiger charge is 2.12. The van der Waals surface area contributed by atoms with Crippen LogP contribution in [0.15, 0.2) is 12.1 Å². The summed E-state index contributed by atoms with van der Waals surface area (Å²) in [4.78, 5) is 7.14. The van der Waals surface area contributed by atoms with Crippen molar-refractivity contribution in [1.29, 1.82) is 0 Å². The van der Waals surface area contributed by atoms with Crippen LogP contribution in [0, 0.1) is 6.92 Å². The zero-order valence-corrected chi connectivity index (χ0v) is 13.3. The Morgan fingerprint density at radius 3 is 2.37 bits per heavy atom. The second-order valence-corrected chi connectivity index (χ2v) is 5.74. The maximum atomic E-state index is 4.78. The van der Waals surface area contributed by atoms with Gasteiger partial charge in [0.05, 0.1) is 0 Å². The second-order valence-electron chi connectivity index (χ2n) is 5.74. The molecule has 0 unspecified atom stereocenters. The van der Waals surface area contributed by atoms with Crippen LogP contribution in [0.1, 0.15) is 52.3 Å². The van der Waals surface area contributed by atoms with E-state index in [2.05, 4.69) is 63.9 Å². The van der Waals surface area contributed by atoms with Crippen molar-refractivity contribution in [3.05, 3.63) is 23.4 Å². The van der Waals surface area contributed by atoms with Crippen molar-refractivity contribution in [3.63, 3.8) is 0 Å². The van der Waals surface area contributed by atoms with Crippen molar-refractivity contribution in [1.82, 2.24) is 10.3 Å². The molecule has 1 heterocycles. The Balaban J connectivity index is 2.85. The molecule has 19 heavy (non-hydrogen) atoms. The lowest BCUT2D eigenvalue weighted by atomic mass is 10.2. The molecule has 1 aromatic rings. The number of hydrogen-bond donors (Lipinski definition) is 1. The molecular formula is C16H29N3. The fraction of sp³-hybridized carbons (Fsp3) is 0.688. The van der Waals surface area contributed by atoms with Gasteiger partial charge in [0.15, 0.2) is 0 Å². The Kier molecular flexibility index (Phi) is 6.29. The zero-order chi connectivity index (χ0) is 14.4. The van der Waals surface area contributed by atoms with E-state index in [0.29, 0.717) is 12.1 Å². The highest BCUT2D eigenvalue weighted by molar-refractivity contribution is 5.42. The van der Waals surface area contributed by atoms with Crippen LogP contribution in [-0.2, 0) is 6.54 Å². The van der Waals surface area contributed by atoms with Crippen LogP contribution in [0.3, 0.4) is 0 Å². The maximum Gasteiger partial charge on any atom is 0.129 e. The average molecular weight is 263 g/mol. The van der Waals surface area contributed by atoms with E-state index in [1.54, 1.807) is 0 Å². The largest absolute Gasteiger partial charge is 0.354 e. The molecule has 1 N–H and O–H groups in total. The third-order valence-electron chi connectivity index (χ3n) is 3.26. The van der Waals surface area contributed by atoms with Crippen LogP contribution in [0.25, 0.3) is 0 Å². The van der Waals surface area contributed by atoms with Crippen molar-refractivity contribution in [2.45, 2.75) is 66.6 Å². The van der Waals surface area contributed by atoms with E-state index in [1.807, 2.05) is 0 Å². The lowest BCUT2D eigenvalue weighted by Gasteiger charge is -2.28. The Hall–Kier alpha value is -1.09. The predicted octanol–water partition coefficient (Wildman–Crippen LogP) is 3.51. The van der Waals surface area contributed by atoms with Crippen molar-refractivity contribution in [3.8, 4) is 0 Å². The molecule has 3 heteroatoms. The van der Waals surface area contributed by atoms with E-state index < -0.39 is 0 Å². The molecule has 0 radical (unpaired) electrons. The van der Waals surface area contributed by atoms with Gasteiger partial charge >= 0.3 is 0 Å². The van der Waals surface area contributed by atoms with Crippen LogP contribution >= 0.6 is 0 Å². The van der Waals surface area contributed by atoms with Gasteiger partial charge in [-0.15, -0.1) is 0 Å². The highest BCUT2D eigenvalue weighted by atomic mass is 15.2. The van der Waals surface area contributed by atoms with Crippen molar-refractivity contribution in [2.24, 2.45) is 0 Å². The van der Waals surface area contributed by atoms with E-state index in [4.69, 9.17) is 4.98 Å². The lowest BCUT2D eigenvalue weighted by molar-refractivity contribution is 0.585. The van der Waals surface area contributed by atoms with Crippen LogP contribution < -0.4 is 10.2 Å². The third-order valence-corrected chi connectivity index (χ3v) is 3.26. The zero-order valence-electron chi connectivity index (χ0n) is 13.3. The average Bonchev–Trinajstić information content (AvgIpc) is 2.33. The molecule has 0 aliphatic heterocycles. The number of pyridine rings is 1. The molecule has 0 aliphatic carbocycles. The van der Waals surface area contributed by atoms with Crippen molar-refractivity contribution < 1.29 is 0 Å². The molecule has 0 saturated carbocycles. The van der Waals surface area contributed by atoms with E-state index in [-0.39, 0.29) is 0 Å². The monoisotopic (exact) mass is 263 g/mol. The third kappa shape index (κ3) is 4.83. The minimum atomic E-state index is 0.492. The summed E-state index contributed by atoms with van der Waals surface area (Å²) in [6.45, 7) is 15.0. The van der Waals surface area contributed by atoms with Gasteiger partial charge in [-0.2, -0.15) is 0 Å². The first-order valence-corrected chi connectivity index (χ1v) is 7.42. The normalized spacial score (nSPS) is 11.4. The first-order valence-electron chi connectivity index (χ1n) is 7.42. The van der Waals surface area contributed by atoms with Gasteiger partial charge in [0, 0.05) is 30.9 Å². The van der Waals surface area contributed by atoms with Gasteiger partial charge in [-0.3, -0.25) is 0 Å². The summed E-state index contributed by atoms with van der Waals surface area (Å²) in [5.41, 5.74) is 2.42. The summed E-state index contributed by atoms with van der Waals surface area (Å²) in [6.07, 6.45) is 1.15. The van der Waals surface area contributed by atoms with E-state index in [1.165, 1.54) is 5.56 Å². The maximum absolute atomic E-state index is 4.78.